The predicted molar refractivity (Wildman–Crippen MR) is 89.9 cm³/mol. The van der Waals surface area contributed by atoms with E-state index in [0.29, 0.717) is 0 Å². The van der Waals surface area contributed by atoms with Gasteiger partial charge in [0.05, 0.1) is 0 Å². The lowest BCUT2D eigenvalue weighted by Gasteiger charge is -2.09. The molecule has 108 valence electrons. The van der Waals surface area contributed by atoms with Gasteiger partial charge in [0, 0.05) is 32.8 Å². The van der Waals surface area contributed by atoms with Gasteiger partial charge in [-0.05, 0) is 19.8 Å². The first-order valence-corrected chi connectivity index (χ1v) is 6.56. The smallest absolute Gasteiger partial charge is 0.191 e. The van der Waals surface area contributed by atoms with Gasteiger partial charge in [-0.2, -0.15) is 0 Å². The fraction of sp³-hybridized carbons (Fsp3) is 0.769. The molecule has 0 saturated carbocycles. The summed E-state index contributed by atoms with van der Waals surface area (Å²) in [6.07, 6.45) is 5.12. The van der Waals surface area contributed by atoms with Crippen molar-refractivity contribution >= 4 is 29.9 Å². The van der Waals surface area contributed by atoms with Crippen LogP contribution in [0.3, 0.4) is 0 Å². The van der Waals surface area contributed by atoms with Crippen molar-refractivity contribution in [2.75, 3.05) is 32.8 Å². The number of nitrogens with one attached hydrogen (secondary N) is 2. The van der Waals surface area contributed by atoms with E-state index < -0.39 is 0 Å². The van der Waals surface area contributed by atoms with Gasteiger partial charge in [-0.15, -0.1) is 30.6 Å². The second-order valence-corrected chi connectivity index (χ2v) is 3.75. The van der Waals surface area contributed by atoms with E-state index in [1.807, 2.05) is 6.08 Å². The van der Waals surface area contributed by atoms with Crippen molar-refractivity contribution < 1.29 is 4.74 Å². The van der Waals surface area contributed by atoms with Crippen LogP contribution in [0.2, 0.25) is 0 Å². The number of guanidine groups is 1. The number of hydrogen-bond donors (Lipinski definition) is 2. The van der Waals surface area contributed by atoms with Crippen molar-refractivity contribution in [1.82, 2.24) is 10.6 Å². The minimum absolute atomic E-state index is 0. The highest BCUT2D eigenvalue weighted by molar-refractivity contribution is 14.0. The fourth-order valence-electron chi connectivity index (χ4n) is 1.22. The zero-order valence-corrected chi connectivity index (χ0v) is 14.0. The molecular formula is C13H28IN3O. The van der Waals surface area contributed by atoms with Gasteiger partial charge < -0.3 is 15.4 Å². The van der Waals surface area contributed by atoms with E-state index in [2.05, 4.69) is 36.1 Å². The van der Waals surface area contributed by atoms with E-state index in [1.54, 1.807) is 0 Å². The summed E-state index contributed by atoms with van der Waals surface area (Å²) >= 11 is 0. The topological polar surface area (TPSA) is 45.7 Å². The Morgan fingerprint density at radius 2 is 1.94 bits per heavy atom. The zero-order chi connectivity index (χ0) is 12.8. The van der Waals surface area contributed by atoms with Crippen LogP contribution in [0.25, 0.3) is 0 Å². The molecule has 4 nitrogen and oxygen atoms in total. The summed E-state index contributed by atoms with van der Waals surface area (Å²) < 4.78 is 5.47. The molecule has 0 aliphatic heterocycles. The van der Waals surface area contributed by atoms with E-state index in [1.165, 1.54) is 6.42 Å². The monoisotopic (exact) mass is 369 g/mol. The lowest BCUT2D eigenvalue weighted by Crippen LogP contribution is -2.37. The van der Waals surface area contributed by atoms with Crippen LogP contribution in [0, 0.1) is 0 Å². The Labute approximate surface area is 129 Å². The highest BCUT2D eigenvalue weighted by atomic mass is 127. The van der Waals surface area contributed by atoms with Crippen molar-refractivity contribution in [3.05, 3.63) is 12.7 Å². The highest BCUT2D eigenvalue weighted by Crippen LogP contribution is 1.90. The van der Waals surface area contributed by atoms with Crippen LogP contribution < -0.4 is 10.6 Å². The third kappa shape index (κ3) is 13.8. The highest BCUT2D eigenvalue weighted by Gasteiger charge is 1.94. The van der Waals surface area contributed by atoms with Gasteiger partial charge in [0.2, 0.25) is 0 Å². The molecule has 0 radical (unpaired) electrons. The molecule has 0 amide bonds. The number of aliphatic imine (C=N–C) groups is 1. The molecule has 18 heavy (non-hydrogen) atoms. The maximum atomic E-state index is 5.47. The lowest BCUT2D eigenvalue weighted by molar-refractivity contribution is 0.130. The Morgan fingerprint density at radius 3 is 2.56 bits per heavy atom. The van der Waals surface area contributed by atoms with Crippen molar-refractivity contribution in [3.8, 4) is 0 Å². The Morgan fingerprint density at radius 1 is 1.22 bits per heavy atom. The SMILES string of the molecule is C=CCNC(=NCCCOCCCC)NCC.I. The minimum atomic E-state index is 0. The molecule has 0 spiro atoms. The summed E-state index contributed by atoms with van der Waals surface area (Å²) in [6.45, 7) is 12.0. The molecule has 0 atom stereocenters. The van der Waals surface area contributed by atoms with Crippen molar-refractivity contribution in [2.24, 2.45) is 4.99 Å². The van der Waals surface area contributed by atoms with Gasteiger partial charge >= 0.3 is 0 Å². The fourth-order valence-corrected chi connectivity index (χ4v) is 1.22. The first-order valence-electron chi connectivity index (χ1n) is 6.56. The quantitative estimate of drug-likeness (QED) is 0.205. The van der Waals surface area contributed by atoms with Gasteiger partial charge in [0.25, 0.3) is 0 Å². The Hall–Kier alpha value is -0.300. The molecule has 0 aromatic heterocycles. The molecule has 2 N–H and O–H groups in total. The second kappa shape index (κ2) is 16.7. The number of unbranched alkanes of at least 4 members (excludes halogenated alkanes) is 1. The number of halogens is 1. The van der Waals surface area contributed by atoms with Crippen LogP contribution >= 0.6 is 24.0 Å². The molecule has 0 rings (SSSR count). The van der Waals surface area contributed by atoms with Crippen LogP contribution in [0.4, 0.5) is 0 Å². The van der Waals surface area contributed by atoms with E-state index in [4.69, 9.17) is 4.74 Å². The maximum Gasteiger partial charge on any atom is 0.191 e. The van der Waals surface area contributed by atoms with E-state index in [9.17, 15) is 0 Å². The average molecular weight is 369 g/mol. The third-order valence-corrected chi connectivity index (χ3v) is 2.12. The van der Waals surface area contributed by atoms with Crippen LogP contribution in [-0.4, -0.2) is 38.8 Å². The summed E-state index contributed by atoms with van der Waals surface area (Å²) in [5.41, 5.74) is 0. The first kappa shape index (κ1) is 20.0. The molecule has 0 aromatic carbocycles. The normalized spacial score (nSPS) is 10.7. The van der Waals surface area contributed by atoms with E-state index in [0.717, 1.165) is 51.6 Å². The number of hydrogen-bond acceptors (Lipinski definition) is 2. The molecule has 0 fully saturated rings. The second-order valence-electron chi connectivity index (χ2n) is 3.75. The number of rotatable bonds is 10. The van der Waals surface area contributed by atoms with Crippen molar-refractivity contribution in [3.63, 3.8) is 0 Å². The van der Waals surface area contributed by atoms with Gasteiger partial charge in [0.1, 0.15) is 0 Å². The largest absolute Gasteiger partial charge is 0.381 e. The summed E-state index contributed by atoms with van der Waals surface area (Å²) in [6, 6.07) is 0. The first-order chi connectivity index (χ1) is 8.35. The summed E-state index contributed by atoms with van der Waals surface area (Å²) in [5.74, 6) is 0.848. The van der Waals surface area contributed by atoms with Crippen LogP contribution in [0.15, 0.2) is 17.6 Å². The molecule has 0 saturated heterocycles. The molecule has 0 aromatic rings. The van der Waals surface area contributed by atoms with Crippen molar-refractivity contribution in [2.45, 2.75) is 33.1 Å². The molecular weight excluding hydrogens is 341 g/mol. The Bertz CT molecular complexity index is 210. The molecule has 0 unspecified atom stereocenters. The van der Waals surface area contributed by atoms with E-state index in [-0.39, 0.29) is 24.0 Å². The van der Waals surface area contributed by atoms with Crippen LogP contribution in [-0.2, 0) is 4.74 Å². The summed E-state index contributed by atoms with van der Waals surface area (Å²) in [5, 5.41) is 6.34. The van der Waals surface area contributed by atoms with Crippen LogP contribution in [0.1, 0.15) is 33.1 Å². The number of ether oxygens (including phenoxy) is 1. The predicted octanol–water partition coefficient (Wildman–Crippen LogP) is 2.55. The lowest BCUT2D eigenvalue weighted by atomic mass is 10.4. The minimum Gasteiger partial charge on any atom is -0.381 e. The molecule has 0 aliphatic rings. The molecule has 5 heteroatoms. The maximum absolute atomic E-state index is 5.47. The molecule has 0 bridgehead atoms. The zero-order valence-electron chi connectivity index (χ0n) is 11.7. The Balaban J connectivity index is 0. The average Bonchev–Trinajstić information content (AvgIpc) is 2.34. The Kier molecular flexibility index (Phi) is 18.6. The molecule has 0 aliphatic carbocycles. The van der Waals surface area contributed by atoms with Gasteiger partial charge in [-0.1, -0.05) is 19.4 Å². The standard InChI is InChI=1S/C13H27N3O.HI/c1-4-7-11-17-12-8-10-16-13(14-6-3)15-9-5-2;/h5H,2,4,6-12H2,1,3H3,(H2,14,15,16);1H. The van der Waals surface area contributed by atoms with Gasteiger partial charge in [0.15, 0.2) is 5.96 Å². The van der Waals surface area contributed by atoms with E-state index >= 15 is 0 Å². The van der Waals surface area contributed by atoms with Gasteiger partial charge in [-0.3, -0.25) is 4.99 Å². The summed E-state index contributed by atoms with van der Waals surface area (Å²) in [4.78, 5) is 4.44. The van der Waals surface area contributed by atoms with Crippen molar-refractivity contribution in [1.29, 1.82) is 0 Å². The van der Waals surface area contributed by atoms with Gasteiger partial charge in [-0.25, -0.2) is 0 Å². The third-order valence-electron chi connectivity index (χ3n) is 2.12. The summed E-state index contributed by atoms with van der Waals surface area (Å²) in [7, 11) is 0. The van der Waals surface area contributed by atoms with Crippen LogP contribution in [0.5, 0.6) is 0 Å². The number of nitrogens with zero attached hydrogens (tertiary/aromatic N) is 1. The molecule has 0 heterocycles.